The maximum absolute atomic E-state index is 12.2. The number of ether oxygens (including phenoxy) is 1. The van der Waals surface area contributed by atoms with Gasteiger partial charge in [-0.15, -0.1) is 11.3 Å². The van der Waals surface area contributed by atoms with E-state index in [1.54, 1.807) is 20.0 Å². The highest BCUT2D eigenvalue weighted by Crippen LogP contribution is 2.22. The van der Waals surface area contributed by atoms with Gasteiger partial charge in [0.05, 0.1) is 22.8 Å². The summed E-state index contributed by atoms with van der Waals surface area (Å²) in [5, 5.41) is 8.70. The fourth-order valence-corrected chi connectivity index (χ4v) is 2.66. The molecule has 1 heterocycles. The molecule has 0 aliphatic rings. The van der Waals surface area contributed by atoms with Crippen molar-refractivity contribution < 1.29 is 19.4 Å². The molecule has 6 heteroatoms. The van der Waals surface area contributed by atoms with E-state index in [4.69, 9.17) is 9.84 Å². The zero-order valence-electron chi connectivity index (χ0n) is 12.4. The molecule has 0 bridgehead atoms. The fourth-order valence-electron chi connectivity index (χ4n) is 1.61. The molecule has 5 nitrogen and oxygen atoms in total. The van der Waals surface area contributed by atoms with Crippen LogP contribution in [0.15, 0.2) is 6.07 Å². The van der Waals surface area contributed by atoms with Gasteiger partial charge < -0.3 is 14.7 Å². The Balaban J connectivity index is 2.68. The number of carbonyl (C=O) groups excluding carboxylic acids is 2. The number of hydrogen-bond donors (Lipinski definition) is 1. The molecule has 0 fully saturated rings. The molecule has 0 aliphatic heterocycles. The first-order valence-corrected chi connectivity index (χ1v) is 7.42. The van der Waals surface area contributed by atoms with Crippen LogP contribution in [0.25, 0.3) is 0 Å². The lowest BCUT2D eigenvalue weighted by Gasteiger charge is -2.15. The second-order valence-corrected chi connectivity index (χ2v) is 5.42. The van der Waals surface area contributed by atoms with E-state index < -0.39 is 0 Å². The summed E-state index contributed by atoms with van der Waals surface area (Å²) in [4.78, 5) is 26.4. The number of hydrogen-bond acceptors (Lipinski definition) is 5. The molecule has 0 radical (unpaired) electrons. The molecule has 0 atom stereocenters. The topological polar surface area (TPSA) is 66.8 Å². The first-order valence-electron chi connectivity index (χ1n) is 6.60. The number of rotatable bonds is 5. The van der Waals surface area contributed by atoms with E-state index in [0.29, 0.717) is 18.0 Å². The standard InChI is InChI=1S/C15H19NO4S/c1-4-20-14(18)7-8-16(3)15(19)13-10-11(2)12(21-13)6-5-9-17/h10,17H,4,7-9H2,1-3H3. The number of aliphatic hydroxyl groups excluding tert-OH is 1. The molecule has 1 aromatic rings. The minimum atomic E-state index is -0.311. The first kappa shape index (κ1) is 17.2. The third-order valence-corrected chi connectivity index (χ3v) is 3.85. The number of amides is 1. The number of nitrogens with zero attached hydrogens (tertiary/aromatic N) is 1. The third-order valence-electron chi connectivity index (χ3n) is 2.71. The zero-order chi connectivity index (χ0) is 15.8. The Morgan fingerprint density at radius 1 is 1.48 bits per heavy atom. The van der Waals surface area contributed by atoms with Crippen molar-refractivity contribution in [3.05, 3.63) is 21.4 Å². The molecule has 1 aromatic heterocycles. The summed E-state index contributed by atoms with van der Waals surface area (Å²) < 4.78 is 4.83. The summed E-state index contributed by atoms with van der Waals surface area (Å²) >= 11 is 1.29. The van der Waals surface area contributed by atoms with Crippen LogP contribution in [-0.4, -0.2) is 48.7 Å². The number of esters is 1. The highest BCUT2D eigenvalue weighted by atomic mass is 32.1. The van der Waals surface area contributed by atoms with Crippen LogP contribution in [-0.2, 0) is 9.53 Å². The van der Waals surface area contributed by atoms with E-state index in [1.165, 1.54) is 16.2 Å². The Bertz CT molecular complexity index is 568. The van der Waals surface area contributed by atoms with Gasteiger partial charge in [0, 0.05) is 13.6 Å². The van der Waals surface area contributed by atoms with Crippen molar-refractivity contribution in [1.82, 2.24) is 4.90 Å². The monoisotopic (exact) mass is 309 g/mol. The molecule has 1 N–H and O–H groups in total. The van der Waals surface area contributed by atoms with Gasteiger partial charge in [-0.1, -0.05) is 11.8 Å². The fraction of sp³-hybridized carbons (Fsp3) is 0.467. The van der Waals surface area contributed by atoms with Crippen molar-refractivity contribution in [2.45, 2.75) is 20.3 Å². The zero-order valence-corrected chi connectivity index (χ0v) is 13.2. The van der Waals surface area contributed by atoms with Gasteiger partial charge in [0.1, 0.15) is 6.61 Å². The van der Waals surface area contributed by atoms with Gasteiger partial charge in [-0.3, -0.25) is 9.59 Å². The quantitative estimate of drug-likeness (QED) is 0.660. The molecule has 0 unspecified atom stereocenters. The second kappa shape index (κ2) is 8.45. The molecule has 0 saturated carbocycles. The van der Waals surface area contributed by atoms with E-state index in [9.17, 15) is 9.59 Å². The van der Waals surface area contributed by atoms with Crippen LogP contribution in [0.3, 0.4) is 0 Å². The lowest BCUT2D eigenvalue weighted by Crippen LogP contribution is -2.28. The van der Waals surface area contributed by atoms with Crippen LogP contribution in [0.2, 0.25) is 0 Å². The number of thiophene rings is 1. The van der Waals surface area contributed by atoms with Gasteiger partial charge in [0.25, 0.3) is 5.91 Å². The first-order chi connectivity index (χ1) is 9.99. The van der Waals surface area contributed by atoms with Gasteiger partial charge in [0.2, 0.25) is 0 Å². The van der Waals surface area contributed by atoms with E-state index in [1.807, 2.05) is 6.92 Å². The van der Waals surface area contributed by atoms with E-state index in [-0.39, 0.29) is 24.9 Å². The Labute approximate surface area is 128 Å². The maximum Gasteiger partial charge on any atom is 0.307 e. The normalized spacial score (nSPS) is 9.71. The Kier molecular flexibility index (Phi) is 6.92. The minimum absolute atomic E-state index is 0.149. The molecule has 0 spiro atoms. The highest BCUT2D eigenvalue weighted by Gasteiger charge is 2.16. The lowest BCUT2D eigenvalue weighted by molar-refractivity contribution is -0.143. The van der Waals surface area contributed by atoms with Crippen molar-refractivity contribution >= 4 is 23.2 Å². The summed E-state index contributed by atoms with van der Waals surface area (Å²) in [6.07, 6.45) is 0.178. The largest absolute Gasteiger partial charge is 0.466 e. The van der Waals surface area contributed by atoms with E-state index in [0.717, 1.165) is 10.4 Å². The van der Waals surface area contributed by atoms with Crippen LogP contribution >= 0.6 is 11.3 Å². The van der Waals surface area contributed by atoms with Gasteiger partial charge >= 0.3 is 5.97 Å². The number of carbonyl (C=O) groups is 2. The summed E-state index contributed by atoms with van der Waals surface area (Å²) in [5.41, 5.74) is 0.906. The van der Waals surface area contributed by atoms with Crippen molar-refractivity contribution in [3.63, 3.8) is 0 Å². The number of aliphatic hydroxyl groups is 1. The maximum atomic E-state index is 12.2. The molecule has 21 heavy (non-hydrogen) atoms. The molecule has 0 aliphatic carbocycles. The van der Waals surface area contributed by atoms with Crippen LogP contribution in [0.4, 0.5) is 0 Å². The lowest BCUT2D eigenvalue weighted by atomic mass is 10.2. The molecular formula is C15H19NO4S. The predicted octanol–water partition coefficient (Wildman–Crippen LogP) is 1.43. The Hall–Kier alpha value is -1.84. The van der Waals surface area contributed by atoms with Gasteiger partial charge in [-0.2, -0.15) is 0 Å². The predicted molar refractivity (Wildman–Crippen MR) is 81.2 cm³/mol. The molecule has 0 aromatic carbocycles. The van der Waals surface area contributed by atoms with Crippen molar-refractivity contribution in [2.24, 2.45) is 0 Å². The van der Waals surface area contributed by atoms with E-state index >= 15 is 0 Å². The molecule has 1 amide bonds. The molecule has 114 valence electrons. The van der Waals surface area contributed by atoms with Crippen LogP contribution in [0.1, 0.15) is 33.5 Å². The second-order valence-electron chi connectivity index (χ2n) is 4.36. The summed E-state index contributed by atoms with van der Waals surface area (Å²) in [6.45, 7) is 4.06. The van der Waals surface area contributed by atoms with Gasteiger partial charge in [0.15, 0.2) is 0 Å². The van der Waals surface area contributed by atoms with E-state index in [2.05, 4.69) is 11.8 Å². The molecule has 1 rings (SSSR count). The van der Waals surface area contributed by atoms with Gasteiger partial charge in [-0.25, -0.2) is 0 Å². The average Bonchev–Trinajstić information content (AvgIpc) is 2.83. The van der Waals surface area contributed by atoms with Crippen LogP contribution < -0.4 is 0 Å². The van der Waals surface area contributed by atoms with Crippen LogP contribution in [0.5, 0.6) is 0 Å². The summed E-state index contributed by atoms with van der Waals surface area (Å²) in [6, 6.07) is 1.77. The average molecular weight is 309 g/mol. The smallest absolute Gasteiger partial charge is 0.307 e. The van der Waals surface area contributed by atoms with Crippen LogP contribution in [0, 0.1) is 18.8 Å². The minimum Gasteiger partial charge on any atom is -0.466 e. The highest BCUT2D eigenvalue weighted by molar-refractivity contribution is 7.14. The summed E-state index contributed by atoms with van der Waals surface area (Å²) in [7, 11) is 1.65. The third kappa shape index (κ3) is 5.21. The Morgan fingerprint density at radius 2 is 2.19 bits per heavy atom. The molecular weight excluding hydrogens is 290 g/mol. The molecule has 0 saturated heterocycles. The Morgan fingerprint density at radius 3 is 2.81 bits per heavy atom. The SMILES string of the molecule is CCOC(=O)CCN(C)C(=O)c1cc(C)c(C#CCO)s1. The van der Waals surface area contributed by atoms with Crippen molar-refractivity contribution in [1.29, 1.82) is 0 Å². The van der Waals surface area contributed by atoms with Gasteiger partial charge in [-0.05, 0) is 25.5 Å². The van der Waals surface area contributed by atoms with Crippen molar-refractivity contribution in [2.75, 3.05) is 26.8 Å². The van der Waals surface area contributed by atoms with Crippen molar-refractivity contribution in [3.8, 4) is 11.8 Å². The summed E-state index contributed by atoms with van der Waals surface area (Å²) in [5.74, 6) is 4.93. The number of aryl methyl sites for hydroxylation is 1.